The van der Waals surface area contributed by atoms with Gasteiger partial charge in [-0.25, -0.2) is 9.97 Å². The van der Waals surface area contributed by atoms with E-state index in [0.717, 1.165) is 0 Å². The zero-order valence-corrected chi connectivity index (χ0v) is 10.1. The molecule has 0 aliphatic rings. The Morgan fingerprint density at radius 1 is 1.28 bits per heavy atom. The molecule has 8 heteroatoms. The number of aromatic nitrogens is 2. The molecule has 0 aromatic carbocycles. The number of aryl methyl sites for hydroxylation is 2. The molecular formula is C10H13F3N4O. The Bertz CT molecular complexity index is 450. The van der Waals surface area contributed by atoms with E-state index in [-0.39, 0.29) is 5.95 Å². The molecular weight excluding hydrogens is 249 g/mol. The van der Waals surface area contributed by atoms with Crippen molar-refractivity contribution in [1.29, 1.82) is 0 Å². The average Bonchev–Trinajstić information content (AvgIpc) is 2.13. The zero-order valence-electron chi connectivity index (χ0n) is 10.1. The molecule has 0 aliphatic carbocycles. The lowest BCUT2D eigenvalue weighted by Crippen LogP contribution is -2.59. The van der Waals surface area contributed by atoms with Gasteiger partial charge in [0.25, 0.3) is 5.91 Å². The summed E-state index contributed by atoms with van der Waals surface area (Å²) in [5.74, 6) is -1.60. The lowest BCUT2D eigenvalue weighted by atomic mass is 10.0. The quantitative estimate of drug-likeness (QED) is 0.842. The van der Waals surface area contributed by atoms with Gasteiger partial charge in [-0.2, -0.15) is 13.2 Å². The van der Waals surface area contributed by atoms with Crippen LogP contribution in [0.3, 0.4) is 0 Å². The fourth-order valence-corrected chi connectivity index (χ4v) is 1.14. The van der Waals surface area contributed by atoms with Crippen molar-refractivity contribution in [2.45, 2.75) is 32.5 Å². The third-order valence-electron chi connectivity index (χ3n) is 2.27. The van der Waals surface area contributed by atoms with Gasteiger partial charge in [0.2, 0.25) is 5.95 Å². The summed E-state index contributed by atoms with van der Waals surface area (Å²) >= 11 is 0. The fourth-order valence-electron chi connectivity index (χ4n) is 1.14. The molecule has 1 aromatic rings. The highest BCUT2D eigenvalue weighted by Gasteiger charge is 2.54. The summed E-state index contributed by atoms with van der Waals surface area (Å²) in [6.45, 7) is 3.86. The minimum atomic E-state index is -4.85. The Hall–Kier alpha value is -1.70. The molecule has 100 valence electrons. The van der Waals surface area contributed by atoms with Gasteiger partial charge < -0.3 is 5.73 Å². The van der Waals surface area contributed by atoms with E-state index in [1.807, 2.05) is 5.32 Å². The highest BCUT2D eigenvalue weighted by atomic mass is 19.4. The summed E-state index contributed by atoms with van der Waals surface area (Å²) in [5.41, 5.74) is 3.04. The van der Waals surface area contributed by atoms with Crippen LogP contribution in [0, 0.1) is 13.8 Å². The maximum absolute atomic E-state index is 12.5. The number of carbonyl (C=O) groups is 1. The second kappa shape index (κ2) is 4.52. The number of alkyl halides is 3. The van der Waals surface area contributed by atoms with Gasteiger partial charge >= 0.3 is 6.18 Å². The van der Waals surface area contributed by atoms with Crippen LogP contribution in [-0.4, -0.2) is 27.6 Å². The van der Waals surface area contributed by atoms with Crippen molar-refractivity contribution in [3.63, 3.8) is 0 Å². The van der Waals surface area contributed by atoms with E-state index in [0.29, 0.717) is 18.3 Å². The van der Waals surface area contributed by atoms with Crippen LogP contribution >= 0.6 is 0 Å². The van der Waals surface area contributed by atoms with Gasteiger partial charge in [0.15, 0.2) is 5.54 Å². The van der Waals surface area contributed by atoms with E-state index in [2.05, 4.69) is 9.97 Å². The van der Waals surface area contributed by atoms with E-state index in [4.69, 9.17) is 5.73 Å². The van der Waals surface area contributed by atoms with Gasteiger partial charge in [0, 0.05) is 11.4 Å². The predicted octanol–water partition coefficient (Wildman–Crippen LogP) is 1.31. The SMILES string of the molecule is Cc1cc(C)nc(NC(=O)C(C)(N)C(F)(F)F)n1. The average molecular weight is 262 g/mol. The summed E-state index contributed by atoms with van der Waals surface area (Å²) in [5, 5.41) is 1.96. The Balaban J connectivity index is 2.95. The van der Waals surface area contributed by atoms with Crippen LogP contribution in [-0.2, 0) is 4.79 Å². The van der Waals surface area contributed by atoms with Crippen molar-refractivity contribution in [2.24, 2.45) is 5.73 Å². The van der Waals surface area contributed by atoms with Crippen LogP contribution in [0.15, 0.2) is 6.07 Å². The molecule has 1 unspecified atom stereocenters. The second-order valence-electron chi connectivity index (χ2n) is 4.13. The second-order valence-corrected chi connectivity index (χ2v) is 4.13. The molecule has 1 amide bonds. The highest BCUT2D eigenvalue weighted by Crippen LogP contribution is 2.28. The number of carbonyl (C=O) groups excluding carboxylic acids is 1. The highest BCUT2D eigenvalue weighted by molar-refractivity contribution is 5.97. The molecule has 18 heavy (non-hydrogen) atoms. The van der Waals surface area contributed by atoms with Crippen molar-refractivity contribution in [3.8, 4) is 0 Å². The molecule has 0 saturated carbocycles. The largest absolute Gasteiger partial charge is 0.415 e. The molecule has 5 nitrogen and oxygen atoms in total. The first-order valence-electron chi connectivity index (χ1n) is 5.03. The minimum absolute atomic E-state index is 0.196. The van der Waals surface area contributed by atoms with E-state index < -0.39 is 17.6 Å². The first-order valence-corrected chi connectivity index (χ1v) is 5.03. The number of halogens is 3. The minimum Gasteiger partial charge on any atom is -0.310 e. The van der Waals surface area contributed by atoms with Crippen molar-refractivity contribution in [3.05, 3.63) is 17.5 Å². The molecule has 0 bridgehead atoms. The molecule has 3 N–H and O–H groups in total. The standard InChI is InChI=1S/C10H13F3N4O/c1-5-4-6(2)16-8(15-5)17-7(18)9(3,14)10(11,12)13/h4H,14H2,1-3H3,(H,15,16,17,18). The number of nitrogens with one attached hydrogen (secondary N) is 1. The molecule has 1 rings (SSSR count). The molecule has 1 atom stereocenters. The van der Waals surface area contributed by atoms with E-state index in [1.165, 1.54) is 0 Å². The van der Waals surface area contributed by atoms with E-state index >= 15 is 0 Å². The first-order chi connectivity index (χ1) is 8.04. The number of nitrogens with two attached hydrogens (primary N) is 1. The Morgan fingerprint density at radius 2 is 1.72 bits per heavy atom. The number of hydrogen-bond donors (Lipinski definition) is 2. The molecule has 1 heterocycles. The molecule has 0 spiro atoms. The summed E-state index contributed by atoms with van der Waals surface area (Å²) < 4.78 is 37.6. The molecule has 1 aromatic heterocycles. The fraction of sp³-hybridized carbons (Fsp3) is 0.500. The topological polar surface area (TPSA) is 80.9 Å². The zero-order chi connectivity index (χ0) is 14.1. The van der Waals surface area contributed by atoms with Crippen LogP contribution in [0.2, 0.25) is 0 Å². The molecule has 0 saturated heterocycles. The Kier molecular flexibility index (Phi) is 3.61. The third-order valence-corrected chi connectivity index (χ3v) is 2.27. The first kappa shape index (κ1) is 14.4. The maximum atomic E-state index is 12.5. The Labute approximate surface area is 102 Å². The van der Waals surface area contributed by atoms with E-state index in [9.17, 15) is 18.0 Å². The lowest BCUT2D eigenvalue weighted by molar-refractivity contribution is -0.184. The van der Waals surface area contributed by atoms with Gasteiger partial charge in [0.1, 0.15) is 0 Å². The van der Waals surface area contributed by atoms with Crippen LogP contribution in [0.1, 0.15) is 18.3 Å². The number of amides is 1. The number of anilines is 1. The smallest absolute Gasteiger partial charge is 0.310 e. The van der Waals surface area contributed by atoms with Crippen LogP contribution < -0.4 is 11.1 Å². The van der Waals surface area contributed by atoms with Gasteiger partial charge in [0.05, 0.1) is 0 Å². The normalized spacial score (nSPS) is 15.1. The summed E-state index contributed by atoms with van der Waals surface area (Å²) in [6.07, 6.45) is -4.85. The number of nitrogens with zero attached hydrogens (tertiary/aromatic N) is 2. The van der Waals surface area contributed by atoms with Crippen molar-refractivity contribution >= 4 is 11.9 Å². The van der Waals surface area contributed by atoms with Crippen molar-refractivity contribution in [1.82, 2.24) is 9.97 Å². The molecule has 0 radical (unpaired) electrons. The summed E-state index contributed by atoms with van der Waals surface area (Å²) in [4.78, 5) is 19.1. The number of hydrogen-bond acceptors (Lipinski definition) is 4. The lowest BCUT2D eigenvalue weighted by Gasteiger charge is -2.25. The van der Waals surface area contributed by atoms with E-state index in [1.54, 1.807) is 19.9 Å². The predicted molar refractivity (Wildman–Crippen MR) is 58.8 cm³/mol. The van der Waals surface area contributed by atoms with Gasteiger partial charge in [-0.3, -0.25) is 10.1 Å². The van der Waals surface area contributed by atoms with Crippen LogP contribution in [0.5, 0.6) is 0 Å². The number of rotatable bonds is 2. The monoisotopic (exact) mass is 262 g/mol. The molecule has 0 aliphatic heterocycles. The third kappa shape index (κ3) is 2.95. The maximum Gasteiger partial charge on any atom is 0.415 e. The summed E-state index contributed by atoms with van der Waals surface area (Å²) in [7, 11) is 0. The van der Waals surface area contributed by atoms with Gasteiger partial charge in [-0.1, -0.05) is 0 Å². The van der Waals surface area contributed by atoms with Crippen LogP contribution in [0.4, 0.5) is 19.1 Å². The van der Waals surface area contributed by atoms with Gasteiger partial charge in [-0.15, -0.1) is 0 Å². The van der Waals surface area contributed by atoms with Crippen molar-refractivity contribution in [2.75, 3.05) is 5.32 Å². The summed E-state index contributed by atoms with van der Waals surface area (Å²) in [6, 6.07) is 1.63. The van der Waals surface area contributed by atoms with Crippen molar-refractivity contribution < 1.29 is 18.0 Å². The molecule has 0 fully saturated rings. The van der Waals surface area contributed by atoms with Gasteiger partial charge in [-0.05, 0) is 26.8 Å². The van der Waals surface area contributed by atoms with Crippen LogP contribution in [0.25, 0.3) is 0 Å². The Morgan fingerprint density at radius 3 is 2.11 bits per heavy atom.